The molecule has 1 fully saturated rings. The van der Waals surface area contributed by atoms with Gasteiger partial charge in [-0.2, -0.15) is 0 Å². The number of anilines is 2. The van der Waals surface area contributed by atoms with E-state index in [1.54, 1.807) is 4.90 Å². The maximum Gasteiger partial charge on any atom is 0.368 e. The number of hydrogen-bond donors (Lipinski definition) is 2. The van der Waals surface area contributed by atoms with Gasteiger partial charge in [0.25, 0.3) is 0 Å². The van der Waals surface area contributed by atoms with Gasteiger partial charge in [-0.25, -0.2) is 0 Å². The van der Waals surface area contributed by atoms with Crippen LogP contribution in [0.3, 0.4) is 0 Å². The Morgan fingerprint density at radius 3 is 2.61 bits per heavy atom. The molecule has 1 saturated carbocycles. The predicted molar refractivity (Wildman–Crippen MR) is 70.1 cm³/mol. The molecule has 7 nitrogen and oxygen atoms in total. The summed E-state index contributed by atoms with van der Waals surface area (Å²) in [5.74, 6) is 0.538. The molecule has 2 N–H and O–H groups in total. The van der Waals surface area contributed by atoms with Crippen molar-refractivity contribution in [2.24, 2.45) is 0 Å². The molecule has 1 aliphatic rings. The highest BCUT2D eigenvalue weighted by Crippen LogP contribution is 2.33. The molecule has 0 radical (unpaired) electrons. The highest BCUT2D eigenvalue weighted by molar-refractivity contribution is 5.74. The van der Waals surface area contributed by atoms with E-state index in [2.05, 4.69) is 15.5 Å². The second-order valence-electron chi connectivity index (χ2n) is 4.90. The average Bonchev–Trinajstić information content (AvgIpc) is 2.74. The highest BCUT2D eigenvalue weighted by Gasteiger charge is 2.26. The van der Waals surface area contributed by atoms with Crippen molar-refractivity contribution in [1.82, 2.24) is 10.2 Å². The van der Waals surface area contributed by atoms with Crippen LogP contribution in [-0.2, 0) is 0 Å². The van der Waals surface area contributed by atoms with E-state index in [1.807, 2.05) is 14.1 Å². The van der Waals surface area contributed by atoms with Crippen LogP contribution in [0, 0.1) is 10.1 Å². The Balaban J connectivity index is 2.22. The summed E-state index contributed by atoms with van der Waals surface area (Å²) in [6.07, 6.45) is 5.75. The van der Waals surface area contributed by atoms with Crippen molar-refractivity contribution in [2.75, 3.05) is 24.3 Å². The van der Waals surface area contributed by atoms with Crippen molar-refractivity contribution in [1.29, 1.82) is 0 Å². The molecule has 100 valence electrons. The minimum absolute atomic E-state index is 0.0516. The molecule has 1 aliphatic carbocycles. The van der Waals surface area contributed by atoms with Gasteiger partial charge in [-0.1, -0.05) is 24.4 Å². The van der Waals surface area contributed by atoms with Crippen LogP contribution in [0.25, 0.3) is 0 Å². The first-order valence-corrected chi connectivity index (χ1v) is 6.26. The zero-order valence-electron chi connectivity index (χ0n) is 10.8. The maximum atomic E-state index is 11.0. The first-order valence-electron chi connectivity index (χ1n) is 6.26. The van der Waals surface area contributed by atoms with Crippen LogP contribution in [0.15, 0.2) is 0 Å². The Hall–Kier alpha value is -1.79. The number of aromatic amines is 1. The fourth-order valence-corrected chi connectivity index (χ4v) is 2.36. The van der Waals surface area contributed by atoms with E-state index in [1.165, 1.54) is 19.3 Å². The molecule has 2 rings (SSSR count). The van der Waals surface area contributed by atoms with Crippen LogP contribution in [0.5, 0.6) is 0 Å². The van der Waals surface area contributed by atoms with Crippen LogP contribution in [-0.4, -0.2) is 35.3 Å². The summed E-state index contributed by atoms with van der Waals surface area (Å²) in [6.45, 7) is 0. The van der Waals surface area contributed by atoms with E-state index in [0.717, 1.165) is 12.8 Å². The van der Waals surface area contributed by atoms with Gasteiger partial charge in [0.2, 0.25) is 5.82 Å². The topological polar surface area (TPSA) is 87.1 Å². The van der Waals surface area contributed by atoms with Crippen LogP contribution in [0.2, 0.25) is 0 Å². The SMILES string of the molecule is CN(C)c1n[nH]c([N+](=O)[O-])c1NC1CCCCC1. The van der Waals surface area contributed by atoms with Crippen LogP contribution in [0.1, 0.15) is 32.1 Å². The molecule has 0 spiro atoms. The smallest absolute Gasteiger partial charge is 0.368 e. The van der Waals surface area contributed by atoms with Gasteiger partial charge in [-0.3, -0.25) is 0 Å². The number of hydrogen-bond acceptors (Lipinski definition) is 5. The van der Waals surface area contributed by atoms with Crippen molar-refractivity contribution in [3.05, 3.63) is 10.1 Å². The molecule has 0 aromatic carbocycles. The summed E-state index contributed by atoms with van der Waals surface area (Å²) in [5, 5.41) is 20.7. The number of rotatable bonds is 4. The second-order valence-corrected chi connectivity index (χ2v) is 4.90. The quantitative estimate of drug-likeness (QED) is 0.634. The lowest BCUT2D eigenvalue weighted by Crippen LogP contribution is -2.24. The molecule has 1 heterocycles. The van der Waals surface area contributed by atoms with Crippen molar-refractivity contribution in [3.8, 4) is 0 Å². The van der Waals surface area contributed by atoms with E-state index in [0.29, 0.717) is 17.5 Å². The zero-order valence-corrected chi connectivity index (χ0v) is 10.8. The van der Waals surface area contributed by atoms with Gasteiger partial charge in [-0.15, -0.1) is 5.10 Å². The summed E-state index contributed by atoms with van der Waals surface area (Å²) in [4.78, 5) is 12.3. The normalized spacial score (nSPS) is 16.6. The molecule has 0 amide bonds. The number of nitro groups is 1. The monoisotopic (exact) mass is 253 g/mol. The fourth-order valence-electron chi connectivity index (χ4n) is 2.36. The van der Waals surface area contributed by atoms with E-state index >= 15 is 0 Å². The Labute approximate surface area is 106 Å². The lowest BCUT2D eigenvalue weighted by Gasteiger charge is -2.24. The van der Waals surface area contributed by atoms with Gasteiger partial charge in [0.1, 0.15) is 0 Å². The van der Waals surface area contributed by atoms with Gasteiger partial charge >= 0.3 is 5.82 Å². The minimum Gasteiger partial charge on any atom is -0.372 e. The summed E-state index contributed by atoms with van der Waals surface area (Å²) in [7, 11) is 3.65. The van der Waals surface area contributed by atoms with E-state index in [-0.39, 0.29) is 5.82 Å². The van der Waals surface area contributed by atoms with Crippen molar-refractivity contribution >= 4 is 17.3 Å². The fraction of sp³-hybridized carbons (Fsp3) is 0.727. The first kappa shape index (κ1) is 12.7. The largest absolute Gasteiger partial charge is 0.372 e. The number of nitrogens with one attached hydrogen (secondary N) is 2. The van der Waals surface area contributed by atoms with Crippen molar-refractivity contribution < 1.29 is 4.92 Å². The zero-order chi connectivity index (χ0) is 13.1. The number of aromatic nitrogens is 2. The maximum absolute atomic E-state index is 11.0. The van der Waals surface area contributed by atoms with Gasteiger partial charge in [-0.05, 0) is 17.8 Å². The summed E-state index contributed by atoms with van der Waals surface area (Å²) < 4.78 is 0. The van der Waals surface area contributed by atoms with Crippen molar-refractivity contribution in [3.63, 3.8) is 0 Å². The Morgan fingerprint density at radius 1 is 1.39 bits per heavy atom. The van der Waals surface area contributed by atoms with Gasteiger partial charge in [0.15, 0.2) is 5.69 Å². The second kappa shape index (κ2) is 5.24. The van der Waals surface area contributed by atoms with E-state index < -0.39 is 4.92 Å². The molecule has 0 unspecified atom stereocenters. The van der Waals surface area contributed by atoms with E-state index in [9.17, 15) is 10.1 Å². The minimum atomic E-state index is -0.425. The average molecular weight is 253 g/mol. The molecular formula is C11H19N5O2. The third kappa shape index (κ3) is 2.55. The number of nitrogens with zero attached hydrogens (tertiary/aromatic N) is 3. The molecule has 0 atom stereocenters. The molecule has 1 aromatic rings. The lowest BCUT2D eigenvalue weighted by atomic mass is 9.95. The van der Waals surface area contributed by atoms with Crippen molar-refractivity contribution in [2.45, 2.75) is 38.1 Å². The van der Waals surface area contributed by atoms with Crippen LogP contribution in [0.4, 0.5) is 17.3 Å². The van der Waals surface area contributed by atoms with Crippen LogP contribution >= 0.6 is 0 Å². The number of H-pyrrole nitrogens is 1. The van der Waals surface area contributed by atoms with Crippen LogP contribution < -0.4 is 10.2 Å². The molecule has 7 heteroatoms. The molecule has 1 aromatic heterocycles. The first-order chi connectivity index (χ1) is 8.59. The predicted octanol–water partition coefficient (Wildman–Crippen LogP) is 2.13. The van der Waals surface area contributed by atoms with Gasteiger partial charge in [0, 0.05) is 20.1 Å². The third-order valence-electron chi connectivity index (χ3n) is 3.29. The Kier molecular flexibility index (Phi) is 3.69. The van der Waals surface area contributed by atoms with E-state index in [4.69, 9.17) is 0 Å². The van der Waals surface area contributed by atoms with Gasteiger partial charge in [0.05, 0.1) is 0 Å². The standard InChI is InChI=1S/C11H19N5O2/c1-15(2)10-9(11(14-13-10)16(17)18)12-8-6-4-3-5-7-8/h8,12H,3-7H2,1-2H3,(H,13,14). The summed E-state index contributed by atoms with van der Waals surface area (Å²) >= 11 is 0. The molecule has 0 aliphatic heterocycles. The Morgan fingerprint density at radius 2 is 2.06 bits per heavy atom. The summed E-state index contributed by atoms with van der Waals surface area (Å²) in [5.41, 5.74) is 0.511. The highest BCUT2D eigenvalue weighted by atomic mass is 16.6. The third-order valence-corrected chi connectivity index (χ3v) is 3.29. The summed E-state index contributed by atoms with van der Waals surface area (Å²) in [6, 6.07) is 0.314. The lowest BCUT2D eigenvalue weighted by molar-refractivity contribution is -0.388. The molecule has 0 saturated heterocycles. The molecular weight excluding hydrogens is 234 g/mol. The Bertz CT molecular complexity index is 423. The van der Waals surface area contributed by atoms with Gasteiger partial charge < -0.3 is 20.3 Å². The molecule has 18 heavy (non-hydrogen) atoms. The molecule has 0 bridgehead atoms.